The predicted octanol–water partition coefficient (Wildman–Crippen LogP) is 6.80. The number of nitrogens with two attached hydrogens (primary N) is 2. The molecule has 0 spiro atoms. The molecule has 2 aliphatic carbocycles. The van der Waals surface area contributed by atoms with Crippen molar-refractivity contribution in [3.63, 3.8) is 0 Å². The first kappa shape index (κ1) is 62.8. The molecule has 5 amide bonds. The van der Waals surface area contributed by atoms with E-state index < -0.39 is 56.6 Å². The summed E-state index contributed by atoms with van der Waals surface area (Å²) in [5, 5.41) is 24.2. The van der Waals surface area contributed by atoms with Crippen LogP contribution in [0.2, 0.25) is 0 Å². The van der Waals surface area contributed by atoms with Crippen LogP contribution in [0.1, 0.15) is 202 Å². The van der Waals surface area contributed by atoms with Gasteiger partial charge in [-0.2, -0.15) is 22.8 Å². The van der Waals surface area contributed by atoms with Gasteiger partial charge in [-0.1, -0.05) is 76.1 Å². The van der Waals surface area contributed by atoms with Gasteiger partial charge in [0.15, 0.2) is 5.96 Å². The highest BCUT2D eigenvalue weighted by atomic mass is 32.3. The molecule has 26 nitrogen and oxygen atoms in total. The van der Waals surface area contributed by atoms with E-state index in [1.807, 2.05) is 0 Å². The summed E-state index contributed by atoms with van der Waals surface area (Å²) in [7, 11) is -9.78. The minimum absolute atomic E-state index is 0.0580. The lowest BCUT2D eigenvalue weighted by Gasteiger charge is -2.39. The number of urea groups is 2. The SMILES string of the molecule is CC(=NC1CC(c2nnc([C@@H]3CC[C@@H]4CN3C(=O)N4OS(=O)(=O)[O-])s2)C1)NC(=O)OC(C)(C)C.CCCC[N+](CCCC)(CCCC)CCCC.NC(N)=NC1CC(c2nnc([C@@H]3CC[C@@H]4CN3C(=O)N4OS(=O)(=O)O)s2)C1. The first-order valence-corrected chi connectivity index (χ1v) is 31.7. The van der Waals surface area contributed by atoms with Crippen molar-refractivity contribution < 1.29 is 58.1 Å². The number of nitrogens with zero attached hydrogens (tertiary/aromatic N) is 11. The van der Waals surface area contributed by atoms with Crippen LogP contribution in [0.15, 0.2) is 9.98 Å². The zero-order chi connectivity index (χ0) is 57.2. The van der Waals surface area contributed by atoms with Crippen molar-refractivity contribution in [1.82, 2.24) is 45.6 Å². The van der Waals surface area contributed by atoms with Crippen molar-refractivity contribution in [2.75, 3.05) is 39.3 Å². The Kier molecular flexibility index (Phi) is 22.0. The van der Waals surface area contributed by atoms with Crippen molar-refractivity contribution in [3.8, 4) is 0 Å². The quantitative estimate of drug-likeness (QED) is 0.0310. The Morgan fingerprint density at radius 3 is 1.47 bits per heavy atom. The molecule has 30 heteroatoms. The minimum atomic E-state index is -5.03. The van der Waals surface area contributed by atoms with Crippen molar-refractivity contribution in [2.24, 2.45) is 21.5 Å². The van der Waals surface area contributed by atoms with Gasteiger partial charge in [0.1, 0.15) is 31.5 Å². The van der Waals surface area contributed by atoms with Gasteiger partial charge < -0.3 is 35.0 Å². The number of unbranched alkanes of at least 4 members (excludes halogenated alkanes) is 4. The van der Waals surface area contributed by atoms with Crippen molar-refractivity contribution in [3.05, 3.63) is 20.0 Å². The number of rotatable bonds is 22. The number of hydrogen-bond donors (Lipinski definition) is 4. The molecule has 4 bridgehead atoms. The molecule has 6 fully saturated rings. The first-order valence-electron chi connectivity index (χ1n) is 27.4. The molecule has 6 aliphatic rings. The van der Waals surface area contributed by atoms with Gasteiger partial charge in [-0.05, 0) is 105 Å². The number of aromatic nitrogens is 4. The lowest BCUT2D eigenvalue weighted by Crippen LogP contribution is -2.50. The molecule has 0 radical (unpaired) electrons. The molecule has 4 aliphatic heterocycles. The number of fused-ring (bicyclic) bond motifs is 4. The van der Waals surface area contributed by atoms with E-state index in [4.69, 9.17) is 20.8 Å². The smallest absolute Gasteiger partial charge is 0.418 e. The van der Waals surface area contributed by atoms with Gasteiger partial charge in [0.05, 0.1) is 62.4 Å². The predicted molar refractivity (Wildman–Crippen MR) is 292 cm³/mol. The molecule has 2 aromatic rings. The fourth-order valence-corrected chi connectivity index (χ4v) is 13.7. The van der Waals surface area contributed by atoms with Crippen LogP contribution in [-0.4, -0.2) is 170 Å². The summed E-state index contributed by atoms with van der Waals surface area (Å²) in [4.78, 5) is 48.5. The minimum Gasteiger partial charge on any atom is -0.724 e. The summed E-state index contributed by atoms with van der Waals surface area (Å²) in [5.41, 5.74) is 10.2. The lowest BCUT2D eigenvalue weighted by atomic mass is 9.81. The summed E-state index contributed by atoms with van der Waals surface area (Å²) in [6, 6.07) is -2.63. The fourth-order valence-electron chi connectivity index (χ4n) is 10.7. The highest BCUT2D eigenvalue weighted by molar-refractivity contribution is 7.81. The molecule has 4 atom stereocenters. The third-order valence-corrected chi connectivity index (χ3v) is 17.8. The number of aliphatic imine (C=N–C) groups is 2. The first-order chi connectivity index (χ1) is 36.7. The molecule has 0 aromatic carbocycles. The average Bonchev–Trinajstić information content (AvgIpc) is 4.27. The normalized spacial score (nSPS) is 25.1. The maximum atomic E-state index is 12.6. The number of carbonyl (C=O) groups is 3. The Bertz CT molecular complexity index is 2580. The summed E-state index contributed by atoms with van der Waals surface area (Å²) in [5.74, 6) is 1.00. The van der Waals surface area contributed by atoms with Crippen LogP contribution >= 0.6 is 22.7 Å². The number of hydrogen-bond acceptors (Lipinski definition) is 19. The molecular weight excluding hydrogens is 1090 g/mol. The molecule has 6 N–H and O–H groups in total. The maximum Gasteiger partial charge on any atom is 0.418 e. The number of amidine groups is 1. The Morgan fingerprint density at radius 1 is 0.705 bits per heavy atom. The molecular formula is C48H82N14O12S4. The third-order valence-electron chi connectivity index (χ3n) is 14.7. The summed E-state index contributed by atoms with van der Waals surface area (Å²) < 4.78 is 79.0. The number of quaternary nitrogens is 1. The van der Waals surface area contributed by atoms with E-state index >= 15 is 0 Å². The van der Waals surface area contributed by atoms with E-state index in [2.05, 4.69) is 72.0 Å². The Morgan fingerprint density at radius 2 is 1.10 bits per heavy atom. The second-order valence-electron chi connectivity index (χ2n) is 22.1. The lowest BCUT2D eigenvalue weighted by molar-refractivity contribution is -0.929. The maximum absolute atomic E-state index is 12.6. The van der Waals surface area contributed by atoms with Gasteiger partial charge >= 0.3 is 28.6 Å². The number of alkyl carbamates (subject to hydrolysis) is 1. The van der Waals surface area contributed by atoms with E-state index in [0.29, 0.717) is 53.1 Å². The fraction of sp³-hybridized carbons (Fsp3) is 0.812. The number of ether oxygens (including phenoxy) is 1. The van der Waals surface area contributed by atoms with Crippen LogP contribution in [0.3, 0.4) is 0 Å². The van der Waals surface area contributed by atoms with E-state index in [1.165, 1.54) is 115 Å². The number of guanidine groups is 1. The number of hydroxylamine groups is 4. The molecule has 8 rings (SSSR count). The van der Waals surface area contributed by atoms with E-state index in [1.54, 1.807) is 27.7 Å². The van der Waals surface area contributed by atoms with E-state index in [9.17, 15) is 35.8 Å². The number of carbonyl (C=O) groups excluding carboxylic acids is 3. The molecule has 0 unspecified atom stereocenters. The van der Waals surface area contributed by atoms with Gasteiger partial charge in [0.25, 0.3) is 0 Å². The highest BCUT2D eigenvalue weighted by Gasteiger charge is 2.50. The second kappa shape index (κ2) is 27.4. The van der Waals surface area contributed by atoms with Crippen LogP contribution in [0.25, 0.3) is 0 Å². The van der Waals surface area contributed by atoms with Gasteiger partial charge in [0, 0.05) is 24.9 Å². The van der Waals surface area contributed by atoms with Crippen molar-refractivity contribution in [2.45, 2.75) is 212 Å². The standard InChI is InChI=1S/C19H28N6O7S2.C16H36N.C13H19N7O5S2/c1-10(21-17(26)31-19(2,3)4)20-12-7-11(8-12)15-22-23-16(33-15)14-6-5-13-9-24(14)18(27)25(13)32-34(28,29)30;1-5-9-13-17(14-10-6-2,15-11-7-3)16-12-8-4;14-12(15)16-7-3-6(4-7)10-17-18-11(26-10)9-2-1-8-5-19(9)13(21)20(8)25-27(22,23)24/h11-14H,5-9H2,1-4H3,(H,20,21,26)(H,28,29,30);5-16H2,1-4H3;6-9H,1-5H2,(H4,14,15,16)(H,22,23,24)/q;+1;/p-1/t11?,12?,13-,14+;;6?,7?,8-,9+/m1.1/s1. The molecule has 6 heterocycles. The zero-order valence-corrected chi connectivity index (χ0v) is 49.6. The molecule has 78 heavy (non-hydrogen) atoms. The largest absolute Gasteiger partial charge is 0.724 e. The van der Waals surface area contributed by atoms with E-state index in [0.717, 1.165) is 40.8 Å². The Balaban J connectivity index is 0.000000201. The summed E-state index contributed by atoms with van der Waals surface area (Å²) >= 11 is 2.87. The van der Waals surface area contributed by atoms with Gasteiger partial charge in [-0.3, -0.25) is 19.9 Å². The van der Waals surface area contributed by atoms with Gasteiger partial charge in [0.2, 0.25) is 10.4 Å². The Labute approximate surface area is 467 Å². The van der Waals surface area contributed by atoms with Crippen LogP contribution < -0.4 is 16.8 Å². The van der Waals surface area contributed by atoms with Crippen LogP contribution in [-0.2, 0) is 34.1 Å². The third kappa shape index (κ3) is 17.5. The molecule has 4 saturated heterocycles. The molecule has 440 valence electrons. The summed E-state index contributed by atoms with van der Waals surface area (Å²) in [6.07, 6.45) is 15.9. The Hall–Kier alpha value is -4.43. The number of amides is 5. The molecule has 2 saturated carbocycles. The van der Waals surface area contributed by atoms with Crippen LogP contribution in [0, 0.1) is 0 Å². The van der Waals surface area contributed by atoms with Crippen LogP contribution in [0.5, 0.6) is 0 Å². The molecule has 2 aromatic heterocycles. The summed E-state index contributed by atoms with van der Waals surface area (Å²) in [6.45, 7) is 22.7. The van der Waals surface area contributed by atoms with Crippen LogP contribution in [0.4, 0.5) is 14.4 Å². The number of piperidine rings is 2. The monoisotopic (exact) mass is 1170 g/mol. The average molecular weight is 1180 g/mol. The zero-order valence-electron chi connectivity index (χ0n) is 46.3. The van der Waals surface area contributed by atoms with Gasteiger partial charge in [-0.15, -0.1) is 24.7 Å². The van der Waals surface area contributed by atoms with Gasteiger partial charge in [-0.25, -0.2) is 22.8 Å². The van der Waals surface area contributed by atoms with E-state index in [-0.39, 0.29) is 48.5 Å². The topological polar surface area (TPSA) is 344 Å². The van der Waals surface area contributed by atoms with Crippen molar-refractivity contribution >= 4 is 73.4 Å². The number of nitrogens with one attached hydrogen (secondary N) is 1. The highest BCUT2D eigenvalue weighted by Crippen LogP contribution is 2.46. The van der Waals surface area contributed by atoms with Crippen molar-refractivity contribution in [1.29, 1.82) is 0 Å². The second-order valence-corrected chi connectivity index (χ2v) is 26.2.